The summed E-state index contributed by atoms with van der Waals surface area (Å²) in [6, 6.07) is 12.8. The molecule has 0 unspecified atom stereocenters. The summed E-state index contributed by atoms with van der Waals surface area (Å²) in [5.41, 5.74) is 0.460. The molecular formula is C17H18BrNO4. The summed E-state index contributed by atoms with van der Waals surface area (Å²) in [4.78, 5) is 12.2. The van der Waals surface area contributed by atoms with Crippen LogP contribution >= 0.6 is 15.9 Å². The van der Waals surface area contributed by atoms with Gasteiger partial charge in [-0.25, -0.2) is 0 Å². The Kier molecular flexibility index (Phi) is 6.29. The average molecular weight is 380 g/mol. The van der Waals surface area contributed by atoms with Gasteiger partial charge in [-0.3, -0.25) is 4.79 Å². The van der Waals surface area contributed by atoms with Gasteiger partial charge in [0.25, 0.3) is 5.91 Å². The van der Waals surface area contributed by atoms with Gasteiger partial charge in [-0.15, -0.1) is 0 Å². The number of carbonyl (C=O) groups is 1. The molecule has 0 heterocycles. The van der Waals surface area contributed by atoms with E-state index in [9.17, 15) is 4.79 Å². The van der Waals surface area contributed by atoms with Crippen LogP contribution in [0.2, 0.25) is 0 Å². The predicted molar refractivity (Wildman–Crippen MR) is 91.5 cm³/mol. The molecule has 1 amide bonds. The molecule has 0 saturated carbocycles. The van der Waals surface area contributed by atoms with Gasteiger partial charge < -0.3 is 19.5 Å². The van der Waals surface area contributed by atoms with Gasteiger partial charge in [0.1, 0.15) is 28.3 Å². The fraction of sp³-hybridized carbons (Fsp3) is 0.235. The van der Waals surface area contributed by atoms with Crippen molar-refractivity contribution >= 4 is 21.8 Å². The molecule has 122 valence electrons. The molecule has 0 fully saturated rings. The second kappa shape index (κ2) is 8.43. The van der Waals surface area contributed by atoms with Crippen LogP contribution in [0.1, 0.15) is 10.4 Å². The second-order valence-corrected chi connectivity index (χ2v) is 5.41. The Balaban J connectivity index is 1.93. The molecule has 2 aromatic carbocycles. The van der Waals surface area contributed by atoms with Crippen molar-refractivity contribution in [3.05, 3.63) is 52.5 Å². The van der Waals surface area contributed by atoms with Crippen molar-refractivity contribution in [2.75, 3.05) is 27.4 Å². The number of methoxy groups -OCH3 is 2. The first-order valence-electron chi connectivity index (χ1n) is 7.03. The third kappa shape index (κ3) is 4.63. The number of amides is 1. The smallest absolute Gasteiger partial charge is 0.251 e. The summed E-state index contributed by atoms with van der Waals surface area (Å²) >= 11 is 3.37. The van der Waals surface area contributed by atoms with E-state index in [0.717, 1.165) is 5.75 Å². The van der Waals surface area contributed by atoms with Crippen LogP contribution in [0.3, 0.4) is 0 Å². The van der Waals surface area contributed by atoms with Crippen molar-refractivity contribution in [2.24, 2.45) is 0 Å². The number of hydrogen-bond donors (Lipinski definition) is 1. The first kappa shape index (κ1) is 17.1. The number of nitrogens with one attached hydrogen (secondary N) is 1. The van der Waals surface area contributed by atoms with Gasteiger partial charge in [0.15, 0.2) is 0 Å². The Bertz CT molecular complexity index is 636. The van der Waals surface area contributed by atoms with Gasteiger partial charge in [-0.1, -0.05) is 18.2 Å². The van der Waals surface area contributed by atoms with Crippen LogP contribution in [0.15, 0.2) is 46.9 Å². The summed E-state index contributed by atoms with van der Waals surface area (Å²) in [5.74, 6) is 1.63. The highest BCUT2D eigenvalue weighted by molar-refractivity contribution is 9.10. The molecule has 2 aromatic rings. The molecule has 5 nitrogen and oxygen atoms in total. The minimum Gasteiger partial charge on any atom is -0.495 e. The molecule has 1 N–H and O–H groups in total. The van der Waals surface area contributed by atoms with E-state index >= 15 is 0 Å². The Morgan fingerprint density at radius 3 is 2.26 bits per heavy atom. The van der Waals surface area contributed by atoms with Crippen molar-refractivity contribution in [2.45, 2.75) is 0 Å². The van der Waals surface area contributed by atoms with Crippen LogP contribution in [0, 0.1) is 0 Å². The van der Waals surface area contributed by atoms with Crippen LogP contribution in [-0.4, -0.2) is 33.3 Å². The SMILES string of the molecule is COc1cc(C(=O)NCCOc2ccccc2)cc(OC)c1Br. The molecule has 23 heavy (non-hydrogen) atoms. The molecule has 0 spiro atoms. The maximum absolute atomic E-state index is 12.2. The number of ether oxygens (including phenoxy) is 3. The molecule has 0 aliphatic heterocycles. The van der Waals surface area contributed by atoms with E-state index < -0.39 is 0 Å². The fourth-order valence-electron chi connectivity index (χ4n) is 1.95. The number of carbonyl (C=O) groups excluding carboxylic acids is 1. The number of hydrogen-bond acceptors (Lipinski definition) is 4. The quantitative estimate of drug-likeness (QED) is 0.750. The lowest BCUT2D eigenvalue weighted by Gasteiger charge is -2.12. The van der Waals surface area contributed by atoms with Crippen molar-refractivity contribution < 1.29 is 19.0 Å². The highest BCUT2D eigenvalue weighted by atomic mass is 79.9. The molecule has 2 rings (SSSR count). The van der Waals surface area contributed by atoms with Gasteiger partial charge in [-0.2, -0.15) is 0 Å². The first-order valence-corrected chi connectivity index (χ1v) is 7.82. The fourth-order valence-corrected chi connectivity index (χ4v) is 2.51. The predicted octanol–water partition coefficient (Wildman–Crippen LogP) is 3.28. The van der Waals surface area contributed by atoms with Gasteiger partial charge in [0, 0.05) is 5.56 Å². The molecule has 6 heteroatoms. The van der Waals surface area contributed by atoms with Crippen molar-refractivity contribution in [1.29, 1.82) is 0 Å². The minimum atomic E-state index is -0.217. The van der Waals surface area contributed by atoms with E-state index in [4.69, 9.17) is 14.2 Å². The van der Waals surface area contributed by atoms with Gasteiger partial charge in [0.2, 0.25) is 0 Å². The zero-order chi connectivity index (χ0) is 16.7. The lowest BCUT2D eigenvalue weighted by molar-refractivity contribution is 0.0946. The zero-order valence-electron chi connectivity index (χ0n) is 13.0. The molecular weight excluding hydrogens is 362 g/mol. The van der Waals surface area contributed by atoms with E-state index in [1.165, 1.54) is 14.2 Å². The molecule has 0 aromatic heterocycles. The molecule has 0 saturated heterocycles. The zero-order valence-corrected chi connectivity index (χ0v) is 14.6. The Labute approximate surface area is 143 Å². The van der Waals surface area contributed by atoms with E-state index in [2.05, 4.69) is 21.2 Å². The van der Waals surface area contributed by atoms with E-state index in [-0.39, 0.29) is 5.91 Å². The lowest BCUT2D eigenvalue weighted by atomic mass is 10.2. The summed E-state index contributed by atoms with van der Waals surface area (Å²) in [5, 5.41) is 2.80. The maximum atomic E-state index is 12.2. The van der Waals surface area contributed by atoms with E-state index in [1.54, 1.807) is 12.1 Å². The van der Waals surface area contributed by atoms with Crippen molar-refractivity contribution in [1.82, 2.24) is 5.32 Å². The lowest BCUT2D eigenvalue weighted by Crippen LogP contribution is -2.28. The van der Waals surface area contributed by atoms with Gasteiger partial charge in [-0.05, 0) is 40.2 Å². The Morgan fingerprint density at radius 2 is 1.70 bits per heavy atom. The molecule has 0 aliphatic rings. The molecule has 0 aliphatic carbocycles. The summed E-state index contributed by atoms with van der Waals surface area (Å²) < 4.78 is 16.7. The normalized spacial score (nSPS) is 10.0. The minimum absolute atomic E-state index is 0.217. The van der Waals surface area contributed by atoms with E-state index in [0.29, 0.717) is 34.7 Å². The monoisotopic (exact) mass is 379 g/mol. The Hall–Kier alpha value is -2.21. The summed E-state index contributed by atoms with van der Waals surface area (Å²) in [7, 11) is 3.07. The average Bonchev–Trinajstić information content (AvgIpc) is 2.59. The standard InChI is InChI=1S/C17H18BrNO4/c1-21-14-10-12(11-15(22-2)16(14)18)17(20)19-8-9-23-13-6-4-3-5-7-13/h3-7,10-11H,8-9H2,1-2H3,(H,19,20). The number of halogens is 1. The Morgan fingerprint density at radius 1 is 1.09 bits per heavy atom. The molecule has 0 atom stereocenters. The second-order valence-electron chi connectivity index (χ2n) is 4.61. The van der Waals surface area contributed by atoms with E-state index in [1.807, 2.05) is 30.3 Å². The summed E-state index contributed by atoms with van der Waals surface area (Å²) in [6.07, 6.45) is 0. The number of rotatable bonds is 7. The van der Waals surface area contributed by atoms with Crippen LogP contribution in [0.25, 0.3) is 0 Å². The molecule has 0 bridgehead atoms. The maximum Gasteiger partial charge on any atom is 0.251 e. The van der Waals surface area contributed by atoms with Gasteiger partial charge in [0.05, 0.1) is 20.8 Å². The van der Waals surface area contributed by atoms with Gasteiger partial charge >= 0.3 is 0 Å². The summed E-state index contributed by atoms with van der Waals surface area (Å²) in [6.45, 7) is 0.787. The van der Waals surface area contributed by atoms with Crippen LogP contribution in [0.4, 0.5) is 0 Å². The largest absolute Gasteiger partial charge is 0.495 e. The molecule has 0 radical (unpaired) electrons. The first-order chi connectivity index (χ1) is 11.2. The topological polar surface area (TPSA) is 56.8 Å². The van der Waals surface area contributed by atoms with Crippen molar-refractivity contribution in [3.8, 4) is 17.2 Å². The third-order valence-corrected chi connectivity index (χ3v) is 3.89. The third-order valence-electron chi connectivity index (χ3n) is 3.11. The van der Waals surface area contributed by atoms with Crippen LogP contribution in [0.5, 0.6) is 17.2 Å². The highest BCUT2D eigenvalue weighted by Gasteiger charge is 2.14. The van der Waals surface area contributed by atoms with Crippen LogP contribution < -0.4 is 19.5 Å². The highest BCUT2D eigenvalue weighted by Crippen LogP contribution is 2.35. The van der Waals surface area contributed by atoms with Crippen molar-refractivity contribution in [3.63, 3.8) is 0 Å². The number of para-hydroxylation sites is 1. The number of benzene rings is 2. The van der Waals surface area contributed by atoms with Crippen LogP contribution in [-0.2, 0) is 0 Å².